The van der Waals surface area contributed by atoms with Crippen LogP contribution in [0.1, 0.15) is 17.0 Å². The van der Waals surface area contributed by atoms with E-state index in [0.717, 1.165) is 0 Å². The average molecular weight is 369 g/mol. The number of nitrogens with one attached hydrogen (secondary N) is 1. The molecular formula is C21H25N2O4+. The lowest BCUT2D eigenvalue weighted by Crippen LogP contribution is -2.48. The Balaban J connectivity index is 1.56. The summed E-state index contributed by atoms with van der Waals surface area (Å²) in [7, 11) is 3.63. The fourth-order valence-corrected chi connectivity index (χ4v) is 3.56. The Kier molecular flexibility index (Phi) is 5.46. The summed E-state index contributed by atoms with van der Waals surface area (Å²) in [4.78, 5) is 22.9. The summed E-state index contributed by atoms with van der Waals surface area (Å²) in [6.45, 7) is 1.15. The molecule has 2 N–H and O–H groups in total. The molecule has 2 aromatic carbocycles. The van der Waals surface area contributed by atoms with Gasteiger partial charge in [0, 0.05) is 5.92 Å². The van der Waals surface area contributed by atoms with Gasteiger partial charge in [0.2, 0.25) is 0 Å². The Labute approximate surface area is 159 Å². The van der Waals surface area contributed by atoms with E-state index in [1.165, 1.54) is 22.3 Å². The number of hydrogen-bond donors (Lipinski definition) is 2. The molecule has 0 atom stereocenters. The minimum atomic E-state index is -0.860. The number of likely N-dealkylation sites (N-methyl/N-ethyl adjacent to an activating group) is 1. The van der Waals surface area contributed by atoms with Crippen LogP contribution in [0.3, 0.4) is 0 Å². The molecule has 0 aliphatic heterocycles. The first kappa shape index (κ1) is 18.9. The number of carbonyl (C=O) groups excluding carboxylic acids is 1. The normalized spacial score (nSPS) is 13.0. The third-order valence-electron chi connectivity index (χ3n) is 4.89. The molecular weight excluding hydrogens is 344 g/mol. The highest BCUT2D eigenvalue weighted by atomic mass is 16.5. The van der Waals surface area contributed by atoms with Crippen molar-refractivity contribution >= 4 is 12.1 Å². The predicted molar refractivity (Wildman–Crippen MR) is 103 cm³/mol. The van der Waals surface area contributed by atoms with E-state index in [1.807, 2.05) is 38.4 Å². The highest BCUT2D eigenvalue weighted by molar-refractivity contribution is 5.79. The molecule has 0 heterocycles. The van der Waals surface area contributed by atoms with Gasteiger partial charge in [0.05, 0.1) is 27.2 Å². The monoisotopic (exact) mass is 369 g/mol. The average Bonchev–Trinajstić information content (AvgIpc) is 2.93. The van der Waals surface area contributed by atoms with Gasteiger partial charge >= 0.3 is 12.1 Å². The van der Waals surface area contributed by atoms with E-state index in [9.17, 15) is 9.59 Å². The topological polar surface area (TPSA) is 75.6 Å². The number of hydrogen-bond acceptors (Lipinski definition) is 3. The van der Waals surface area contributed by atoms with Crippen LogP contribution in [0, 0.1) is 0 Å². The highest BCUT2D eigenvalue weighted by Crippen LogP contribution is 2.44. The second kappa shape index (κ2) is 7.80. The summed E-state index contributed by atoms with van der Waals surface area (Å²) in [5.41, 5.74) is 4.72. The van der Waals surface area contributed by atoms with Gasteiger partial charge in [-0.25, -0.2) is 9.59 Å². The lowest BCUT2D eigenvalue weighted by atomic mass is 9.98. The number of carboxylic acid groups (broad SMARTS) is 1. The maximum absolute atomic E-state index is 12.1. The van der Waals surface area contributed by atoms with Crippen LogP contribution < -0.4 is 5.32 Å². The number of quaternary nitrogens is 1. The molecule has 142 valence electrons. The number of nitrogens with zero attached hydrogens (tertiary/aromatic N) is 1. The van der Waals surface area contributed by atoms with Crippen molar-refractivity contribution in [1.82, 2.24) is 5.32 Å². The summed E-state index contributed by atoms with van der Waals surface area (Å²) in [5.74, 6) is -0.830. The number of aliphatic carboxylic acids is 1. The Hall–Kier alpha value is -2.86. The van der Waals surface area contributed by atoms with Crippen molar-refractivity contribution in [2.45, 2.75) is 5.92 Å². The number of fused-ring (bicyclic) bond motifs is 3. The fourth-order valence-electron chi connectivity index (χ4n) is 3.56. The van der Waals surface area contributed by atoms with Crippen LogP contribution in [-0.4, -0.2) is 62.0 Å². The van der Waals surface area contributed by atoms with Crippen LogP contribution >= 0.6 is 0 Å². The van der Waals surface area contributed by atoms with E-state index < -0.39 is 12.1 Å². The maximum atomic E-state index is 12.1. The predicted octanol–water partition coefficient (Wildman–Crippen LogP) is 2.69. The van der Waals surface area contributed by atoms with Crippen molar-refractivity contribution in [2.75, 3.05) is 40.3 Å². The molecule has 1 amide bonds. The first-order valence-electron chi connectivity index (χ1n) is 9.00. The number of ether oxygens (including phenoxy) is 1. The van der Waals surface area contributed by atoms with E-state index in [4.69, 9.17) is 9.84 Å². The Morgan fingerprint density at radius 1 is 1.04 bits per heavy atom. The molecule has 27 heavy (non-hydrogen) atoms. The van der Waals surface area contributed by atoms with Gasteiger partial charge in [-0.2, -0.15) is 0 Å². The van der Waals surface area contributed by atoms with Crippen molar-refractivity contribution in [1.29, 1.82) is 0 Å². The summed E-state index contributed by atoms with van der Waals surface area (Å²) in [6.07, 6.45) is -0.479. The van der Waals surface area contributed by atoms with E-state index >= 15 is 0 Å². The van der Waals surface area contributed by atoms with E-state index in [2.05, 4.69) is 29.6 Å². The molecule has 3 rings (SSSR count). The number of carbonyl (C=O) groups is 2. The standard InChI is InChI=1S/C21H24N2O4/c1-23(2,13-20(24)25)12-11-22-21(26)27-14-19-17-9-5-3-7-15(17)16-8-4-6-10-18(16)19/h3-10,19H,11-14H2,1-2H3,(H-,22,24,25,26)/p+1. The molecule has 0 aromatic heterocycles. The van der Waals surface area contributed by atoms with Crippen LogP contribution in [0.4, 0.5) is 4.79 Å². The minimum absolute atomic E-state index is 0.00632. The van der Waals surface area contributed by atoms with Crippen LogP contribution in [0.2, 0.25) is 0 Å². The molecule has 0 fully saturated rings. The Morgan fingerprint density at radius 3 is 2.15 bits per heavy atom. The summed E-state index contributed by atoms with van der Waals surface area (Å²) < 4.78 is 5.75. The number of alkyl carbamates (subject to hydrolysis) is 1. The van der Waals surface area contributed by atoms with Crippen molar-refractivity contribution < 1.29 is 23.9 Å². The summed E-state index contributed by atoms with van der Waals surface area (Å²) in [5, 5.41) is 11.6. The largest absolute Gasteiger partial charge is 0.477 e. The lowest BCUT2D eigenvalue weighted by molar-refractivity contribution is -0.881. The quantitative estimate of drug-likeness (QED) is 0.736. The molecule has 2 aromatic rings. The van der Waals surface area contributed by atoms with Gasteiger partial charge in [-0.05, 0) is 22.3 Å². The Bertz CT molecular complexity index is 802. The second-order valence-corrected chi connectivity index (χ2v) is 7.46. The smallest absolute Gasteiger partial charge is 0.407 e. The van der Waals surface area contributed by atoms with E-state index in [1.54, 1.807) is 0 Å². The SMILES string of the molecule is C[N+](C)(CCNC(=O)OCC1c2ccccc2-c2ccccc21)CC(=O)O. The third kappa shape index (κ3) is 4.46. The van der Waals surface area contributed by atoms with Crippen molar-refractivity contribution in [3.8, 4) is 11.1 Å². The molecule has 6 heteroatoms. The molecule has 1 aliphatic rings. The molecule has 1 aliphatic carbocycles. The van der Waals surface area contributed by atoms with E-state index in [-0.39, 0.29) is 19.1 Å². The molecule has 6 nitrogen and oxygen atoms in total. The van der Waals surface area contributed by atoms with Gasteiger partial charge in [0.1, 0.15) is 6.61 Å². The Morgan fingerprint density at radius 2 is 1.59 bits per heavy atom. The molecule has 0 unspecified atom stereocenters. The van der Waals surface area contributed by atoms with Crippen LogP contribution in [0.5, 0.6) is 0 Å². The van der Waals surface area contributed by atoms with Gasteiger partial charge in [-0.1, -0.05) is 48.5 Å². The van der Waals surface area contributed by atoms with Gasteiger partial charge in [-0.15, -0.1) is 0 Å². The zero-order valence-corrected chi connectivity index (χ0v) is 15.6. The van der Waals surface area contributed by atoms with E-state index in [0.29, 0.717) is 17.6 Å². The zero-order chi connectivity index (χ0) is 19.4. The van der Waals surface area contributed by atoms with Gasteiger partial charge in [-0.3, -0.25) is 0 Å². The molecule has 0 bridgehead atoms. The first-order valence-corrected chi connectivity index (χ1v) is 9.00. The second-order valence-electron chi connectivity index (χ2n) is 7.46. The molecule has 0 saturated heterocycles. The number of rotatable bonds is 7. The molecule has 0 spiro atoms. The van der Waals surface area contributed by atoms with Crippen LogP contribution in [0.15, 0.2) is 48.5 Å². The van der Waals surface area contributed by atoms with Crippen molar-refractivity contribution in [3.05, 3.63) is 59.7 Å². The highest BCUT2D eigenvalue weighted by Gasteiger charge is 2.29. The summed E-state index contributed by atoms with van der Waals surface area (Å²) >= 11 is 0. The zero-order valence-electron chi connectivity index (χ0n) is 15.6. The first-order chi connectivity index (χ1) is 12.9. The van der Waals surface area contributed by atoms with Gasteiger partial charge < -0.3 is 19.6 Å². The maximum Gasteiger partial charge on any atom is 0.407 e. The van der Waals surface area contributed by atoms with Gasteiger partial charge in [0.25, 0.3) is 0 Å². The number of carboxylic acids is 1. The number of benzene rings is 2. The van der Waals surface area contributed by atoms with Crippen molar-refractivity contribution in [2.24, 2.45) is 0 Å². The van der Waals surface area contributed by atoms with Crippen LogP contribution in [-0.2, 0) is 9.53 Å². The summed E-state index contributed by atoms with van der Waals surface area (Å²) in [6, 6.07) is 16.4. The minimum Gasteiger partial charge on any atom is -0.477 e. The number of amides is 1. The van der Waals surface area contributed by atoms with Gasteiger partial charge in [0.15, 0.2) is 6.54 Å². The lowest BCUT2D eigenvalue weighted by Gasteiger charge is -2.27. The van der Waals surface area contributed by atoms with Crippen LogP contribution in [0.25, 0.3) is 11.1 Å². The molecule has 0 radical (unpaired) electrons. The third-order valence-corrected chi connectivity index (χ3v) is 4.89. The van der Waals surface area contributed by atoms with Crippen molar-refractivity contribution in [3.63, 3.8) is 0 Å². The molecule has 0 saturated carbocycles. The fraction of sp³-hybridized carbons (Fsp3) is 0.333.